The van der Waals surface area contributed by atoms with E-state index < -0.39 is 5.97 Å². The molecule has 1 aromatic carbocycles. The number of urea groups is 1. The third kappa shape index (κ3) is 4.48. The standard InChI is InChI=1S/C16H22N2O3/c1-2-11-5-3-7-13(9-11)17-16(21)18-14-8-4-6-12(10-14)15(19)20/h4,6,8,10-11,13H,2-3,5,7,9H2,1H3,(H,19,20)(H2,17,18,21). The molecule has 0 spiro atoms. The third-order valence-corrected chi connectivity index (χ3v) is 4.06. The molecule has 2 atom stereocenters. The minimum atomic E-state index is -1.00. The summed E-state index contributed by atoms with van der Waals surface area (Å²) in [5.41, 5.74) is 0.659. The number of hydrogen-bond donors (Lipinski definition) is 3. The summed E-state index contributed by atoms with van der Waals surface area (Å²) in [6.07, 6.45) is 5.59. The van der Waals surface area contributed by atoms with Crippen LogP contribution in [-0.2, 0) is 0 Å². The number of anilines is 1. The van der Waals surface area contributed by atoms with Gasteiger partial charge in [-0.25, -0.2) is 9.59 Å². The van der Waals surface area contributed by atoms with E-state index in [9.17, 15) is 9.59 Å². The Balaban J connectivity index is 1.89. The Morgan fingerprint density at radius 2 is 2.14 bits per heavy atom. The minimum Gasteiger partial charge on any atom is -0.478 e. The molecule has 2 unspecified atom stereocenters. The Hall–Kier alpha value is -2.04. The van der Waals surface area contributed by atoms with Crippen LogP contribution in [0.1, 0.15) is 49.4 Å². The maximum atomic E-state index is 12.0. The van der Waals surface area contributed by atoms with Gasteiger partial charge in [-0.3, -0.25) is 0 Å². The quantitative estimate of drug-likeness (QED) is 0.794. The van der Waals surface area contributed by atoms with Crippen molar-refractivity contribution in [1.82, 2.24) is 5.32 Å². The molecule has 3 N–H and O–H groups in total. The molecular formula is C16H22N2O3. The molecule has 1 aromatic rings. The summed E-state index contributed by atoms with van der Waals surface area (Å²) in [7, 11) is 0. The van der Waals surface area contributed by atoms with Gasteiger partial charge in [-0.15, -0.1) is 0 Å². The van der Waals surface area contributed by atoms with E-state index in [-0.39, 0.29) is 17.6 Å². The Kier molecular flexibility index (Phi) is 5.20. The number of nitrogens with one attached hydrogen (secondary N) is 2. The van der Waals surface area contributed by atoms with Gasteiger partial charge in [0.05, 0.1) is 5.56 Å². The van der Waals surface area contributed by atoms with Gasteiger partial charge in [0, 0.05) is 11.7 Å². The largest absolute Gasteiger partial charge is 0.478 e. The van der Waals surface area contributed by atoms with Crippen LogP contribution in [0, 0.1) is 5.92 Å². The van der Waals surface area contributed by atoms with Gasteiger partial charge in [-0.1, -0.05) is 32.3 Å². The Labute approximate surface area is 124 Å². The van der Waals surface area contributed by atoms with Crippen LogP contribution in [0.3, 0.4) is 0 Å². The molecule has 2 amide bonds. The van der Waals surface area contributed by atoms with Gasteiger partial charge < -0.3 is 15.7 Å². The summed E-state index contributed by atoms with van der Waals surface area (Å²) in [5, 5.41) is 14.6. The normalized spacial score (nSPS) is 21.6. The molecule has 1 aliphatic carbocycles. The number of carboxylic acids is 1. The topological polar surface area (TPSA) is 78.4 Å². The lowest BCUT2D eigenvalue weighted by atomic mass is 9.84. The molecule has 0 heterocycles. The number of rotatable bonds is 4. The van der Waals surface area contributed by atoms with E-state index in [1.165, 1.54) is 18.6 Å². The molecule has 1 aliphatic rings. The van der Waals surface area contributed by atoms with E-state index in [1.54, 1.807) is 12.1 Å². The molecule has 0 radical (unpaired) electrons. The van der Waals surface area contributed by atoms with Gasteiger partial charge >= 0.3 is 12.0 Å². The lowest BCUT2D eigenvalue weighted by Crippen LogP contribution is -2.40. The summed E-state index contributed by atoms with van der Waals surface area (Å²) >= 11 is 0. The number of benzene rings is 1. The molecule has 0 bridgehead atoms. The van der Waals surface area contributed by atoms with Crippen LogP contribution in [0.2, 0.25) is 0 Å². The molecule has 21 heavy (non-hydrogen) atoms. The molecule has 0 saturated heterocycles. The van der Waals surface area contributed by atoms with Crippen molar-refractivity contribution in [2.24, 2.45) is 5.92 Å². The SMILES string of the molecule is CCC1CCCC(NC(=O)Nc2cccc(C(=O)O)c2)C1. The van der Waals surface area contributed by atoms with Crippen LogP contribution < -0.4 is 10.6 Å². The zero-order chi connectivity index (χ0) is 15.2. The number of carbonyl (C=O) groups excluding carboxylic acids is 1. The maximum Gasteiger partial charge on any atom is 0.335 e. The van der Waals surface area contributed by atoms with Crippen molar-refractivity contribution >= 4 is 17.7 Å². The lowest BCUT2D eigenvalue weighted by Gasteiger charge is -2.29. The van der Waals surface area contributed by atoms with E-state index in [0.29, 0.717) is 11.6 Å². The predicted molar refractivity (Wildman–Crippen MR) is 81.6 cm³/mol. The second kappa shape index (κ2) is 7.11. The highest BCUT2D eigenvalue weighted by molar-refractivity contribution is 5.93. The highest BCUT2D eigenvalue weighted by atomic mass is 16.4. The molecule has 5 heteroatoms. The van der Waals surface area contributed by atoms with E-state index >= 15 is 0 Å². The second-order valence-electron chi connectivity index (χ2n) is 5.62. The van der Waals surface area contributed by atoms with E-state index in [4.69, 9.17) is 5.11 Å². The van der Waals surface area contributed by atoms with Gasteiger partial charge in [0.2, 0.25) is 0 Å². The monoisotopic (exact) mass is 290 g/mol. The van der Waals surface area contributed by atoms with E-state index in [0.717, 1.165) is 25.7 Å². The molecule has 0 aliphatic heterocycles. The summed E-state index contributed by atoms with van der Waals surface area (Å²) in [4.78, 5) is 22.9. The first-order valence-electron chi connectivity index (χ1n) is 7.49. The molecule has 1 fully saturated rings. The van der Waals surface area contributed by atoms with Crippen LogP contribution in [0.4, 0.5) is 10.5 Å². The molecule has 0 aromatic heterocycles. The smallest absolute Gasteiger partial charge is 0.335 e. The lowest BCUT2D eigenvalue weighted by molar-refractivity contribution is 0.0697. The van der Waals surface area contributed by atoms with Crippen LogP contribution in [0.15, 0.2) is 24.3 Å². The summed E-state index contributed by atoms with van der Waals surface area (Å²) in [5.74, 6) is -0.309. The van der Waals surface area contributed by atoms with Gasteiger partial charge in [0.15, 0.2) is 0 Å². The molecular weight excluding hydrogens is 268 g/mol. The second-order valence-corrected chi connectivity index (χ2v) is 5.62. The van der Waals surface area contributed by atoms with E-state index in [2.05, 4.69) is 17.6 Å². The van der Waals surface area contributed by atoms with Gasteiger partial charge in [-0.05, 0) is 37.0 Å². The minimum absolute atomic E-state index is 0.163. The number of hydrogen-bond acceptors (Lipinski definition) is 2. The van der Waals surface area contributed by atoms with Crippen LogP contribution in [-0.4, -0.2) is 23.1 Å². The van der Waals surface area contributed by atoms with Crippen molar-refractivity contribution in [1.29, 1.82) is 0 Å². The molecule has 1 saturated carbocycles. The average Bonchev–Trinajstić information content (AvgIpc) is 2.47. The van der Waals surface area contributed by atoms with Crippen molar-refractivity contribution in [3.05, 3.63) is 29.8 Å². The number of carbonyl (C=O) groups is 2. The van der Waals surface area contributed by atoms with Crippen molar-refractivity contribution < 1.29 is 14.7 Å². The number of amides is 2. The van der Waals surface area contributed by atoms with Gasteiger partial charge in [0.1, 0.15) is 0 Å². The first kappa shape index (κ1) is 15.4. The van der Waals surface area contributed by atoms with Gasteiger partial charge in [0.25, 0.3) is 0 Å². The van der Waals surface area contributed by atoms with Crippen molar-refractivity contribution in [2.45, 2.75) is 45.1 Å². The fraction of sp³-hybridized carbons (Fsp3) is 0.500. The third-order valence-electron chi connectivity index (χ3n) is 4.06. The fourth-order valence-electron chi connectivity index (χ4n) is 2.88. The fourth-order valence-corrected chi connectivity index (χ4v) is 2.88. The molecule has 2 rings (SSSR count). The highest BCUT2D eigenvalue weighted by Crippen LogP contribution is 2.26. The molecule has 114 valence electrons. The molecule has 5 nitrogen and oxygen atoms in total. The average molecular weight is 290 g/mol. The zero-order valence-corrected chi connectivity index (χ0v) is 12.3. The van der Waals surface area contributed by atoms with Gasteiger partial charge in [-0.2, -0.15) is 0 Å². The number of carboxylic acid groups (broad SMARTS) is 1. The predicted octanol–water partition coefficient (Wildman–Crippen LogP) is 3.48. The zero-order valence-electron chi connectivity index (χ0n) is 12.3. The maximum absolute atomic E-state index is 12.0. The summed E-state index contributed by atoms with van der Waals surface area (Å²) in [6.45, 7) is 2.19. The van der Waals surface area contributed by atoms with Crippen LogP contribution >= 0.6 is 0 Å². The van der Waals surface area contributed by atoms with Crippen molar-refractivity contribution in [3.8, 4) is 0 Å². The first-order valence-corrected chi connectivity index (χ1v) is 7.49. The van der Waals surface area contributed by atoms with Crippen molar-refractivity contribution in [2.75, 3.05) is 5.32 Å². The first-order chi connectivity index (χ1) is 10.1. The van der Waals surface area contributed by atoms with E-state index in [1.807, 2.05) is 0 Å². The number of aromatic carboxylic acids is 1. The Morgan fingerprint density at radius 3 is 2.86 bits per heavy atom. The Bertz CT molecular complexity index is 516. The highest BCUT2D eigenvalue weighted by Gasteiger charge is 2.22. The Morgan fingerprint density at radius 1 is 1.33 bits per heavy atom. The summed E-state index contributed by atoms with van der Waals surface area (Å²) in [6, 6.07) is 6.20. The van der Waals surface area contributed by atoms with Crippen molar-refractivity contribution in [3.63, 3.8) is 0 Å². The van der Waals surface area contributed by atoms with Crippen LogP contribution in [0.5, 0.6) is 0 Å². The van der Waals surface area contributed by atoms with Crippen LogP contribution in [0.25, 0.3) is 0 Å². The summed E-state index contributed by atoms with van der Waals surface area (Å²) < 4.78 is 0.